The van der Waals surface area contributed by atoms with Crippen molar-refractivity contribution < 1.29 is 19.1 Å². The number of Topliss-reactive ketones (excluding diaryl/α,β-unsaturated/α-hetero) is 1. The van der Waals surface area contributed by atoms with E-state index in [0.717, 1.165) is 22.4 Å². The number of aryl methyl sites for hydroxylation is 1. The Hall–Kier alpha value is -4.00. The number of hydrogen-bond donors (Lipinski definition) is 1. The summed E-state index contributed by atoms with van der Waals surface area (Å²) in [7, 11) is 0. The molecule has 0 saturated heterocycles. The third-order valence-electron chi connectivity index (χ3n) is 4.92. The quantitative estimate of drug-likeness (QED) is 0.363. The molecule has 2 aromatic carbocycles. The highest BCUT2D eigenvalue weighted by Crippen LogP contribution is 2.23. The highest BCUT2D eigenvalue weighted by atomic mass is 16.5. The van der Waals surface area contributed by atoms with Crippen LogP contribution in [0.2, 0.25) is 0 Å². The number of rotatable bonds is 7. The fourth-order valence-electron chi connectivity index (χ4n) is 3.31. The van der Waals surface area contributed by atoms with Gasteiger partial charge < -0.3 is 10.1 Å². The first-order valence-electron chi connectivity index (χ1n) is 9.94. The molecule has 1 amide bonds. The highest BCUT2D eigenvalue weighted by molar-refractivity contribution is 6.00. The second kappa shape index (κ2) is 9.21. The number of nitrogens with one attached hydrogen (secondary N) is 1. The number of benzene rings is 2. The number of aromatic nitrogens is 2. The molecule has 0 radical (unpaired) electrons. The van der Waals surface area contributed by atoms with Gasteiger partial charge in [-0.25, -0.2) is 4.79 Å². The summed E-state index contributed by atoms with van der Waals surface area (Å²) in [6, 6.07) is 15.0. The van der Waals surface area contributed by atoms with Crippen LogP contribution in [-0.4, -0.2) is 34.0 Å². The average Bonchev–Trinajstić information content (AvgIpc) is 3.23. The van der Waals surface area contributed by atoms with Gasteiger partial charge in [0.2, 0.25) is 5.91 Å². The van der Waals surface area contributed by atoms with Gasteiger partial charge in [-0.2, -0.15) is 5.10 Å². The average molecular weight is 415 g/mol. The van der Waals surface area contributed by atoms with Crippen LogP contribution in [0.1, 0.15) is 33.5 Å². The lowest BCUT2D eigenvalue weighted by molar-refractivity contribution is -0.136. The number of anilines is 1. The maximum Gasteiger partial charge on any atom is 0.331 e. The van der Waals surface area contributed by atoms with Gasteiger partial charge in [0.1, 0.15) is 0 Å². The number of ketones is 1. The molecule has 1 aromatic heterocycles. The van der Waals surface area contributed by atoms with Crippen LogP contribution < -0.4 is 5.32 Å². The minimum atomic E-state index is -0.602. The summed E-state index contributed by atoms with van der Waals surface area (Å²) in [5.41, 5.74) is 3.97. The molecule has 0 saturated carbocycles. The predicted octanol–water partition coefficient (Wildman–Crippen LogP) is 3.26. The molecule has 0 bridgehead atoms. The molecule has 1 N–H and O–H groups in total. The Morgan fingerprint density at radius 1 is 1.13 bits per heavy atom. The highest BCUT2D eigenvalue weighted by Gasteiger charge is 2.17. The lowest BCUT2D eigenvalue weighted by Gasteiger charge is -2.17. The Balaban J connectivity index is 1.29. The van der Waals surface area contributed by atoms with Gasteiger partial charge in [-0.15, -0.1) is 0 Å². The van der Waals surface area contributed by atoms with Crippen molar-refractivity contribution in [3.63, 3.8) is 0 Å². The van der Waals surface area contributed by atoms with E-state index in [2.05, 4.69) is 10.4 Å². The number of nitrogens with zero attached hydrogens (tertiary/aromatic N) is 2. The maximum atomic E-state index is 12.3. The summed E-state index contributed by atoms with van der Waals surface area (Å²) in [5, 5.41) is 7.05. The predicted molar refractivity (Wildman–Crippen MR) is 115 cm³/mol. The molecule has 0 spiro atoms. The summed E-state index contributed by atoms with van der Waals surface area (Å²) in [5.74, 6) is -0.926. The zero-order valence-electron chi connectivity index (χ0n) is 16.8. The van der Waals surface area contributed by atoms with Gasteiger partial charge in [0.15, 0.2) is 12.4 Å². The minimum absolute atomic E-state index is 0.0297. The molecular formula is C24H21N3O4. The van der Waals surface area contributed by atoms with E-state index in [0.29, 0.717) is 24.9 Å². The summed E-state index contributed by atoms with van der Waals surface area (Å²) in [6.45, 7) is 0.291. The Morgan fingerprint density at radius 3 is 2.81 bits per heavy atom. The van der Waals surface area contributed by atoms with Crippen molar-refractivity contribution in [2.24, 2.45) is 0 Å². The number of carbonyl (C=O) groups is 3. The summed E-state index contributed by atoms with van der Waals surface area (Å²) in [4.78, 5) is 35.8. The van der Waals surface area contributed by atoms with Crippen molar-refractivity contribution >= 4 is 29.4 Å². The van der Waals surface area contributed by atoms with Gasteiger partial charge in [0.05, 0.1) is 12.7 Å². The SMILES string of the molecule is O=C1CCc2cc(C(=O)COC(=O)/C=C/c3cnn(Cc4ccccc4)c3)ccc2N1. The Labute approximate surface area is 179 Å². The topological polar surface area (TPSA) is 90.3 Å². The number of ether oxygens (including phenoxy) is 1. The normalized spacial score (nSPS) is 13.0. The van der Waals surface area contributed by atoms with Crippen LogP contribution in [-0.2, 0) is 27.3 Å². The maximum absolute atomic E-state index is 12.3. The van der Waals surface area contributed by atoms with Crippen molar-refractivity contribution in [1.82, 2.24) is 9.78 Å². The second-order valence-corrected chi connectivity index (χ2v) is 7.24. The van der Waals surface area contributed by atoms with E-state index >= 15 is 0 Å². The molecule has 4 rings (SSSR count). The molecule has 31 heavy (non-hydrogen) atoms. The third-order valence-corrected chi connectivity index (χ3v) is 4.92. The van der Waals surface area contributed by atoms with E-state index in [1.54, 1.807) is 35.2 Å². The van der Waals surface area contributed by atoms with Gasteiger partial charge in [0.25, 0.3) is 0 Å². The molecule has 7 nitrogen and oxygen atoms in total. The summed E-state index contributed by atoms with van der Waals surface area (Å²) in [6.07, 6.45) is 7.34. The number of hydrogen-bond acceptors (Lipinski definition) is 5. The van der Waals surface area contributed by atoms with Gasteiger partial charge >= 0.3 is 5.97 Å². The molecule has 0 aliphatic carbocycles. The van der Waals surface area contributed by atoms with Crippen LogP contribution in [0.3, 0.4) is 0 Å². The molecule has 156 valence electrons. The van der Waals surface area contributed by atoms with Crippen LogP contribution in [0.4, 0.5) is 5.69 Å². The first-order valence-corrected chi connectivity index (χ1v) is 9.94. The fourth-order valence-corrected chi connectivity index (χ4v) is 3.31. The second-order valence-electron chi connectivity index (χ2n) is 7.24. The van der Waals surface area contributed by atoms with Crippen LogP contribution in [0, 0.1) is 0 Å². The van der Waals surface area contributed by atoms with Gasteiger partial charge in [-0.1, -0.05) is 30.3 Å². The zero-order chi connectivity index (χ0) is 21.6. The van der Waals surface area contributed by atoms with Crippen LogP contribution in [0.15, 0.2) is 67.0 Å². The largest absolute Gasteiger partial charge is 0.454 e. The van der Waals surface area contributed by atoms with Crippen molar-refractivity contribution in [1.29, 1.82) is 0 Å². The van der Waals surface area contributed by atoms with E-state index in [9.17, 15) is 14.4 Å². The number of fused-ring (bicyclic) bond motifs is 1. The number of esters is 1. The lowest BCUT2D eigenvalue weighted by atomic mass is 9.99. The van der Waals surface area contributed by atoms with E-state index in [1.165, 1.54) is 6.08 Å². The van der Waals surface area contributed by atoms with Crippen molar-refractivity contribution in [3.05, 3.63) is 89.3 Å². The zero-order valence-corrected chi connectivity index (χ0v) is 16.8. The van der Waals surface area contributed by atoms with Crippen LogP contribution >= 0.6 is 0 Å². The molecular weight excluding hydrogens is 394 g/mol. The van der Waals surface area contributed by atoms with Crippen molar-refractivity contribution in [2.75, 3.05) is 11.9 Å². The Kier molecular flexibility index (Phi) is 6.03. The van der Waals surface area contributed by atoms with Crippen LogP contribution in [0.25, 0.3) is 6.08 Å². The van der Waals surface area contributed by atoms with Gasteiger partial charge in [-0.05, 0) is 41.8 Å². The summed E-state index contributed by atoms with van der Waals surface area (Å²) >= 11 is 0. The Morgan fingerprint density at radius 2 is 1.97 bits per heavy atom. The smallest absolute Gasteiger partial charge is 0.331 e. The standard InChI is InChI=1S/C24H21N3O4/c28-22(20-7-9-21-19(12-20)8-10-23(29)26-21)16-31-24(30)11-6-18-13-25-27(15-18)14-17-4-2-1-3-5-17/h1-7,9,11-13,15H,8,10,14,16H2,(H,26,29)/b11-6+. The number of amides is 1. The first kappa shape index (κ1) is 20.3. The molecule has 1 aliphatic heterocycles. The third kappa shape index (κ3) is 5.33. The van der Waals surface area contributed by atoms with Gasteiger partial charge in [-0.3, -0.25) is 14.3 Å². The van der Waals surface area contributed by atoms with Crippen molar-refractivity contribution in [3.8, 4) is 0 Å². The van der Waals surface area contributed by atoms with Crippen molar-refractivity contribution in [2.45, 2.75) is 19.4 Å². The lowest BCUT2D eigenvalue weighted by Crippen LogP contribution is -2.20. The van der Waals surface area contributed by atoms with Crippen LogP contribution in [0.5, 0.6) is 0 Å². The van der Waals surface area contributed by atoms with Gasteiger partial charge in [0, 0.05) is 35.5 Å². The number of carbonyl (C=O) groups excluding carboxylic acids is 3. The molecule has 1 aliphatic rings. The molecule has 3 aromatic rings. The molecule has 0 fully saturated rings. The molecule has 2 heterocycles. The van der Waals surface area contributed by atoms with E-state index in [1.807, 2.05) is 36.5 Å². The van der Waals surface area contributed by atoms with E-state index in [4.69, 9.17) is 4.74 Å². The minimum Gasteiger partial charge on any atom is -0.454 e. The Bertz CT molecular complexity index is 1150. The van der Waals surface area contributed by atoms with E-state index < -0.39 is 5.97 Å². The molecule has 0 unspecified atom stereocenters. The molecule has 0 atom stereocenters. The fraction of sp³-hybridized carbons (Fsp3) is 0.167. The first-order chi connectivity index (χ1) is 15.1. The molecule has 7 heteroatoms. The van der Waals surface area contributed by atoms with E-state index in [-0.39, 0.29) is 18.3 Å². The monoisotopic (exact) mass is 415 g/mol. The summed E-state index contributed by atoms with van der Waals surface area (Å²) < 4.78 is 6.85.